The molecule has 0 radical (unpaired) electrons. The first-order valence-corrected chi connectivity index (χ1v) is 6.40. The highest BCUT2D eigenvalue weighted by Crippen LogP contribution is 2.26. The van der Waals surface area contributed by atoms with E-state index in [4.69, 9.17) is 10.8 Å². The Kier molecular flexibility index (Phi) is 3.90. The predicted molar refractivity (Wildman–Crippen MR) is 74.5 cm³/mol. The molecule has 2 heterocycles. The molecule has 1 aromatic heterocycles. The maximum Gasteiger partial charge on any atom is 0.337 e. The van der Waals surface area contributed by atoms with Crippen LogP contribution in [0.5, 0.6) is 0 Å². The first kappa shape index (κ1) is 13.6. The van der Waals surface area contributed by atoms with Crippen LogP contribution < -0.4 is 10.6 Å². The summed E-state index contributed by atoms with van der Waals surface area (Å²) in [6.45, 7) is 2.04. The molecule has 0 amide bonds. The molecule has 0 bridgehead atoms. The summed E-state index contributed by atoms with van der Waals surface area (Å²) < 4.78 is 0. The number of aromatic nitrogens is 1. The Bertz CT molecular complexity index is 478. The Morgan fingerprint density at radius 1 is 1.63 bits per heavy atom. The van der Waals surface area contributed by atoms with Gasteiger partial charge in [-0.05, 0) is 32.5 Å². The lowest BCUT2D eigenvalue weighted by molar-refractivity contribution is 0.0698. The second-order valence-corrected chi connectivity index (χ2v) is 5.07. The van der Waals surface area contributed by atoms with Crippen molar-refractivity contribution in [3.8, 4) is 0 Å². The van der Waals surface area contributed by atoms with Gasteiger partial charge in [-0.3, -0.25) is 0 Å². The quantitative estimate of drug-likeness (QED) is 0.843. The van der Waals surface area contributed by atoms with Crippen LogP contribution in [0.3, 0.4) is 0 Å². The zero-order chi connectivity index (χ0) is 14.0. The number of likely N-dealkylation sites (N-methyl/N-ethyl adjacent to an activating group) is 2. The largest absolute Gasteiger partial charge is 0.478 e. The van der Waals surface area contributed by atoms with Crippen molar-refractivity contribution in [1.29, 1.82) is 0 Å². The van der Waals surface area contributed by atoms with Crippen LogP contribution in [-0.4, -0.2) is 54.2 Å². The van der Waals surface area contributed by atoms with Crippen molar-refractivity contribution in [2.45, 2.75) is 18.9 Å². The maximum absolute atomic E-state index is 11.1. The van der Waals surface area contributed by atoms with Crippen LogP contribution in [0.2, 0.25) is 0 Å². The summed E-state index contributed by atoms with van der Waals surface area (Å²) in [5.41, 5.74) is 6.28. The SMILES string of the molecule is CN1CCCC(N(C)c2nccc(C(=O)O)c2N)C1. The van der Waals surface area contributed by atoms with E-state index in [0.717, 1.165) is 25.9 Å². The molecule has 1 saturated heterocycles. The summed E-state index contributed by atoms with van der Waals surface area (Å²) in [4.78, 5) is 19.6. The second-order valence-electron chi connectivity index (χ2n) is 5.07. The van der Waals surface area contributed by atoms with E-state index in [0.29, 0.717) is 11.9 Å². The van der Waals surface area contributed by atoms with Gasteiger partial charge in [0.2, 0.25) is 0 Å². The molecule has 6 nitrogen and oxygen atoms in total. The normalized spacial score (nSPS) is 20.2. The van der Waals surface area contributed by atoms with Crippen molar-refractivity contribution in [3.63, 3.8) is 0 Å². The molecular weight excluding hydrogens is 244 g/mol. The van der Waals surface area contributed by atoms with Crippen molar-refractivity contribution in [2.75, 3.05) is 37.8 Å². The number of hydrogen-bond donors (Lipinski definition) is 2. The van der Waals surface area contributed by atoms with Crippen LogP contribution in [0.15, 0.2) is 12.3 Å². The number of pyridine rings is 1. The van der Waals surface area contributed by atoms with Gasteiger partial charge in [0.05, 0.1) is 11.3 Å². The Morgan fingerprint density at radius 3 is 3.00 bits per heavy atom. The molecule has 1 atom stereocenters. The minimum absolute atomic E-state index is 0.112. The summed E-state index contributed by atoms with van der Waals surface area (Å²) in [5, 5.41) is 9.09. The van der Waals surface area contributed by atoms with E-state index in [1.54, 1.807) is 0 Å². The number of anilines is 2. The first-order chi connectivity index (χ1) is 9.00. The number of nitrogens with zero attached hydrogens (tertiary/aromatic N) is 3. The van der Waals surface area contributed by atoms with Gasteiger partial charge in [0.15, 0.2) is 5.82 Å². The average molecular weight is 264 g/mol. The molecule has 104 valence electrons. The zero-order valence-electron chi connectivity index (χ0n) is 11.3. The molecular formula is C13H20N4O2. The molecule has 1 aliphatic rings. The van der Waals surface area contributed by atoms with Gasteiger partial charge in [0.25, 0.3) is 0 Å². The minimum atomic E-state index is -1.02. The number of rotatable bonds is 3. The van der Waals surface area contributed by atoms with Crippen LogP contribution in [0.1, 0.15) is 23.2 Å². The molecule has 0 aromatic carbocycles. The van der Waals surface area contributed by atoms with E-state index in [1.807, 2.05) is 11.9 Å². The third-order valence-corrected chi connectivity index (χ3v) is 3.68. The second kappa shape index (κ2) is 5.44. The predicted octanol–water partition coefficient (Wildman–Crippen LogP) is 0.892. The lowest BCUT2D eigenvalue weighted by Gasteiger charge is -2.36. The summed E-state index contributed by atoms with van der Waals surface area (Å²) in [5.74, 6) is -0.462. The third-order valence-electron chi connectivity index (χ3n) is 3.68. The minimum Gasteiger partial charge on any atom is -0.478 e. The van der Waals surface area contributed by atoms with Crippen molar-refractivity contribution in [3.05, 3.63) is 17.8 Å². The Labute approximate surface area is 112 Å². The average Bonchev–Trinajstić information content (AvgIpc) is 2.38. The van der Waals surface area contributed by atoms with Gasteiger partial charge >= 0.3 is 5.97 Å². The lowest BCUT2D eigenvalue weighted by atomic mass is 10.0. The summed E-state index contributed by atoms with van der Waals surface area (Å²) >= 11 is 0. The molecule has 1 fully saturated rings. The number of likely N-dealkylation sites (tertiary alicyclic amines) is 1. The molecule has 2 rings (SSSR count). The smallest absolute Gasteiger partial charge is 0.337 e. The van der Waals surface area contributed by atoms with E-state index in [2.05, 4.69) is 16.9 Å². The Hall–Kier alpha value is -1.82. The molecule has 1 unspecified atom stereocenters. The lowest BCUT2D eigenvalue weighted by Crippen LogP contribution is -2.45. The fraction of sp³-hybridized carbons (Fsp3) is 0.538. The van der Waals surface area contributed by atoms with Gasteiger partial charge in [-0.15, -0.1) is 0 Å². The number of carboxylic acid groups (broad SMARTS) is 1. The Morgan fingerprint density at radius 2 is 2.37 bits per heavy atom. The molecule has 3 N–H and O–H groups in total. The van der Waals surface area contributed by atoms with Crippen LogP contribution in [0.25, 0.3) is 0 Å². The van der Waals surface area contributed by atoms with Crippen LogP contribution in [0.4, 0.5) is 11.5 Å². The monoisotopic (exact) mass is 264 g/mol. The number of carbonyl (C=O) groups is 1. The maximum atomic E-state index is 11.1. The van der Waals surface area contributed by atoms with Crippen molar-refractivity contribution in [1.82, 2.24) is 9.88 Å². The third kappa shape index (κ3) is 2.78. The van der Waals surface area contributed by atoms with E-state index in [-0.39, 0.29) is 11.3 Å². The van der Waals surface area contributed by atoms with Crippen molar-refractivity contribution < 1.29 is 9.90 Å². The highest BCUT2D eigenvalue weighted by molar-refractivity contribution is 5.96. The fourth-order valence-corrected chi connectivity index (χ4v) is 2.56. The summed E-state index contributed by atoms with van der Waals surface area (Å²) in [6.07, 6.45) is 3.70. The van der Waals surface area contributed by atoms with Crippen molar-refractivity contribution in [2.24, 2.45) is 0 Å². The fourth-order valence-electron chi connectivity index (χ4n) is 2.56. The topological polar surface area (TPSA) is 82.7 Å². The first-order valence-electron chi connectivity index (χ1n) is 6.40. The van der Waals surface area contributed by atoms with Crippen LogP contribution in [-0.2, 0) is 0 Å². The number of aromatic carboxylic acids is 1. The molecule has 0 saturated carbocycles. The van der Waals surface area contributed by atoms with Crippen molar-refractivity contribution >= 4 is 17.5 Å². The number of nitrogens with two attached hydrogens (primary N) is 1. The standard InChI is InChI=1S/C13H20N4O2/c1-16-7-3-4-9(8-16)17(2)12-11(14)10(13(18)19)5-6-15-12/h5-6,9H,3-4,7-8,14H2,1-2H3,(H,18,19). The number of carboxylic acids is 1. The van der Waals surface area contributed by atoms with Gasteiger partial charge in [-0.2, -0.15) is 0 Å². The highest BCUT2D eigenvalue weighted by atomic mass is 16.4. The van der Waals surface area contributed by atoms with Crippen LogP contribution in [0, 0.1) is 0 Å². The Balaban J connectivity index is 2.26. The molecule has 6 heteroatoms. The molecule has 0 spiro atoms. The van der Waals surface area contributed by atoms with E-state index < -0.39 is 5.97 Å². The van der Waals surface area contributed by atoms with Gasteiger partial charge < -0.3 is 20.6 Å². The number of piperidine rings is 1. The number of nitrogen functional groups attached to an aromatic ring is 1. The van der Waals surface area contributed by atoms with Gasteiger partial charge in [-0.1, -0.05) is 0 Å². The van der Waals surface area contributed by atoms with Gasteiger partial charge in [0, 0.05) is 25.8 Å². The van der Waals surface area contributed by atoms with E-state index in [9.17, 15) is 4.79 Å². The summed E-state index contributed by atoms with van der Waals surface area (Å²) in [6, 6.07) is 1.75. The van der Waals surface area contributed by atoms with E-state index in [1.165, 1.54) is 12.3 Å². The zero-order valence-corrected chi connectivity index (χ0v) is 11.3. The highest BCUT2D eigenvalue weighted by Gasteiger charge is 2.24. The molecule has 0 aliphatic carbocycles. The molecule has 19 heavy (non-hydrogen) atoms. The molecule has 1 aliphatic heterocycles. The number of hydrogen-bond acceptors (Lipinski definition) is 5. The molecule has 1 aromatic rings. The van der Waals surface area contributed by atoms with Gasteiger partial charge in [-0.25, -0.2) is 9.78 Å². The van der Waals surface area contributed by atoms with Gasteiger partial charge in [0.1, 0.15) is 0 Å². The van der Waals surface area contributed by atoms with Crippen LogP contribution >= 0.6 is 0 Å². The van der Waals surface area contributed by atoms with E-state index >= 15 is 0 Å². The summed E-state index contributed by atoms with van der Waals surface area (Å²) in [7, 11) is 4.01.